The highest BCUT2D eigenvalue weighted by Crippen LogP contribution is 2.49. The van der Waals surface area contributed by atoms with Gasteiger partial charge in [-0.25, -0.2) is 0 Å². The molecule has 0 amide bonds. The minimum Gasteiger partial charge on any atom is -0.480 e. The fourth-order valence-corrected chi connectivity index (χ4v) is 2.43. The second-order valence-electron chi connectivity index (χ2n) is 5.26. The van der Waals surface area contributed by atoms with Gasteiger partial charge in [-0.3, -0.25) is 4.79 Å². The molecule has 1 aliphatic heterocycles. The highest BCUT2D eigenvalue weighted by atomic mass is 16.4. The molecule has 1 saturated heterocycles. The minimum absolute atomic E-state index is 0.137. The Kier molecular flexibility index (Phi) is 2.64. The Labute approximate surface area is 94.8 Å². The first-order valence-corrected chi connectivity index (χ1v) is 5.61. The lowest BCUT2D eigenvalue weighted by atomic mass is 10.0. The molecule has 88 valence electrons. The second-order valence-corrected chi connectivity index (χ2v) is 5.26. The van der Waals surface area contributed by atoms with E-state index in [4.69, 9.17) is 16.1 Å². The van der Waals surface area contributed by atoms with Gasteiger partial charge in [-0.1, -0.05) is 0 Å². The van der Waals surface area contributed by atoms with Crippen LogP contribution < -0.4 is 5.73 Å². The van der Waals surface area contributed by atoms with E-state index >= 15 is 0 Å². The molecule has 0 spiro atoms. The summed E-state index contributed by atoms with van der Waals surface area (Å²) in [5.41, 5.74) is 4.86. The van der Waals surface area contributed by atoms with Crippen LogP contribution in [0.1, 0.15) is 25.7 Å². The summed E-state index contributed by atoms with van der Waals surface area (Å²) in [4.78, 5) is 13.1. The number of carboxylic acid groups (broad SMARTS) is 1. The average Bonchev–Trinajstić information content (AvgIpc) is 2.84. The number of hydrogen-bond donors (Lipinski definition) is 2. The summed E-state index contributed by atoms with van der Waals surface area (Å²) in [5.74, 6) is -0.917. The number of hydrogen-bond acceptors (Lipinski definition) is 4. The van der Waals surface area contributed by atoms with E-state index in [2.05, 4.69) is 11.0 Å². The monoisotopic (exact) mass is 223 g/mol. The first kappa shape index (κ1) is 11.4. The summed E-state index contributed by atoms with van der Waals surface area (Å²) in [6, 6.07) is 2.21. The van der Waals surface area contributed by atoms with Crippen LogP contribution in [0.4, 0.5) is 0 Å². The molecule has 1 saturated carbocycles. The third-order valence-corrected chi connectivity index (χ3v) is 3.78. The van der Waals surface area contributed by atoms with Crippen molar-refractivity contribution in [3.8, 4) is 6.07 Å². The molecule has 5 heteroatoms. The maximum absolute atomic E-state index is 11.0. The third-order valence-electron chi connectivity index (χ3n) is 3.78. The van der Waals surface area contributed by atoms with Crippen LogP contribution in [0, 0.1) is 16.7 Å². The van der Waals surface area contributed by atoms with Gasteiger partial charge in [0, 0.05) is 26.1 Å². The van der Waals surface area contributed by atoms with Crippen LogP contribution in [0.3, 0.4) is 0 Å². The Bertz CT molecular complexity index is 346. The molecule has 2 fully saturated rings. The molecule has 1 atom stereocenters. The van der Waals surface area contributed by atoms with Crippen LogP contribution in [0.5, 0.6) is 0 Å². The largest absolute Gasteiger partial charge is 0.480 e. The van der Waals surface area contributed by atoms with Gasteiger partial charge in [0.15, 0.2) is 0 Å². The van der Waals surface area contributed by atoms with E-state index in [1.54, 1.807) is 0 Å². The van der Waals surface area contributed by atoms with Crippen molar-refractivity contribution in [3.63, 3.8) is 0 Å². The van der Waals surface area contributed by atoms with Gasteiger partial charge >= 0.3 is 5.97 Å². The van der Waals surface area contributed by atoms with Crippen molar-refractivity contribution in [2.24, 2.45) is 11.1 Å². The molecule has 1 unspecified atom stereocenters. The number of aliphatic carboxylic acids is 1. The molecule has 0 aromatic carbocycles. The molecule has 3 N–H and O–H groups in total. The Morgan fingerprint density at radius 1 is 1.50 bits per heavy atom. The maximum atomic E-state index is 11.0. The summed E-state index contributed by atoms with van der Waals surface area (Å²) in [6.07, 6.45) is 3.25. The number of nitrogens with zero attached hydrogens (tertiary/aromatic N) is 2. The molecule has 0 aromatic rings. The molecule has 5 nitrogen and oxygen atoms in total. The standard InChI is InChI=1S/C11H17N3O2/c12-5-3-10(1-2-10)7-14-6-4-11(13,8-14)9(15)16/h1-4,6-8,13H2,(H,15,16). The Hall–Kier alpha value is -1.12. The number of rotatable bonds is 4. The van der Waals surface area contributed by atoms with E-state index < -0.39 is 11.5 Å². The molecule has 1 aliphatic carbocycles. The molecule has 2 aliphatic rings. The fourth-order valence-electron chi connectivity index (χ4n) is 2.43. The smallest absolute Gasteiger partial charge is 0.325 e. The normalized spacial score (nSPS) is 32.2. The van der Waals surface area contributed by atoms with Gasteiger partial charge in [-0.2, -0.15) is 5.26 Å². The van der Waals surface area contributed by atoms with Crippen molar-refractivity contribution < 1.29 is 9.90 Å². The van der Waals surface area contributed by atoms with Gasteiger partial charge in [0.25, 0.3) is 0 Å². The predicted molar refractivity (Wildman–Crippen MR) is 57.5 cm³/mol. The van der Waals surface area contributed by atoms with Gasteiger partial charge in [0.2, 0.25) is 0 Å². The van der Waals surface area contributed by atoms with Gasteiger partial charge in [-0.05, 0) is 24.7 Å². The van der Waals surface area contributed by atoms with Crippen molar-refractivity contribution >= 4 is 5.97 Å². The summed E-state index contributed by atoms with van der Waals surface area (Å²) in [7, 11) is 0. The third kappa shape index (κ3) is 2.04. The lowest BCUT2D eigenvalue weighted by Crippen LogP contribution is -2.50. The first-order valence-electron chi connectivity index (χ1n) is 5.61. The van der Waals surface area contributed by atoms with E-state index in [-0.39, 0.29) is 5.41 Å². The van der Waals surface area contributed by atoms with Gasteiger partial charge in [0.05, 0.1) is 6.07 Å². The highest BCUT2D eigenvalue weighted by Gasteiger charge is 2.48. The van der Waals surface area contributed by atoms with E-state index in [9.17, 15) is 4.79 Å². The lowest BCUT2D eigenvalue weighted by molar-refractivity contribution is -0.142. The molecule has 0 radical (unpaired) electrons. The Morgan fingerprint density at radius 3 is 2.62 bits per heavy atom. The van der Waals surface area contributed by atoms with Gasteiger partial charge < -0.3 is 15.7 Å². The topological polar surface area (TPSA) is 90.4 Å². The zero-order valence-electron chi connectivity index (χ0n) is 9.28. The van der Waals surface area contributed by atoms with Crippen molar-refractivity contribution in [1.82, 2.24) is 4.90 Å². The molecule has 1 heterocycles. The maximum Gasteiger partial charge on any atom is 0.325 e. The number of likely N-dealkylation sites (tertiary alicyclic amines) is 1. The molecular formula is C11H17N3O2. The van der Waals surface area contributed by atoms with Crippen LogP contribution in [0.15, 0.2) is 0 Å². The van der Waals surface area contributed by atoms with Crippen LogP contribution in [-0.4, -0.2) is 41.1 Å². The number of carboxylic acids is 1. The van der Waals surface area contributed by atoms with Crippen molar-refractivity contribution in [2.75, 3.05) is 19.6 Å². The molecule has 16 heavy (non-hydrogen) atoms. The van der Waals surface area contributed by atoms with Gasteiger partial charge in [0.1, 0.15) is 5.54 Å². The van der Waals surface area contributed by atoms with Crippen LogP contribution in [0.25, 0.3) is 0 Å². The van der Waals surface area contributed by atoms with Crippen LogP contribution in [-0.2, 0) is 4.79 Å². The lowest BCUT2D eigenvalue weighted by Gasteiger charge is -2.23. The highest BCUT2D eigenvalue weighted by molar-refractivity contribution is 5.79. The molecule has 2 rings (SSSR count). The number of carbonyl (C=O) groups is 1. The SMILES string of the molecule is N#CCC1(CN2CCC(N)(C(=O)O)C2)CC1. The van der Waals surface area contributed by atoms with Crippen molar-refractivity contribution in [3.05, 3.63) is 0 Å². The van der Waals surface area contributed by atoms with Crippen LogP contribution in [0.2, 0.25) is 0 Å². The van der Waals surface area contributed by atoms with Crippen molar-refractivity contribution in [1.29, 1.82) is 5.26 Å². The van der Waals surface area contributed by atoms with E-state index in [0.717, 1.165) is 25.9 Å². The van der Waals surface area contributed by atoms with Crippen LogP contribution >= 0.6 is 0 Å². The summed E-state index contributed by atoms with van der Waals surface area (Å²) < 4.78 is 0. The van der Waals surface area contributed by atoms with Crippen molar-refractivity contribution in [2.45, 2.75) is 31.2 Å². The zero-order chi connectivity index (χ0) is 11.8. The van der Waals surface area contributed by atoms with E-state index in [0.29, 0.717) is 19.4 Å². The van der Waals surface area contributed by atoms with Gasteiger partial charge in [-0.15, -0.1) is 0 Å². The van der Waals surface area contributed by atoms with E-state index in [1.165, 1.54) is 0 Å². The molecule has 0 aromatic heterocycles. The molecule has 0 bridgehead atoms. The first-order chi connectivity index (χ1) is 7.50. The minimum atomic E-state index is -1.08. The zero-order valence-corrected chi connectivity index (χ0v) is 9.28. The summed E-state index contributed by atoms with van der Waals surface area (Å²) >= 11 is 0. The summed E-state index contributed by atoms with van der Waals surface area (Å²) in [6.45, 7) is 1.97. The Balaban J connectivity index is 1.91. The number of nitriles is 1. The predicted octanol–water partition coefficient (Wildman–Crippen LogP) is 0.168. The fraction of sp³-hybridized carbons (Fsp3) is 0.818. The van der Waals surface area contributed by atoms with E-state index in [1.807, 2.05) is 0 Å². The quantitative estimate of drug-likeness (QED) is 0.709. The Morgan fingerprint density at radius 2 is 2.19 bits per heavy atom. The second kappa shape index (κ2) is 3.72. The summed E-state index contributed by atoms with van der Waals surface area (Å²) in [5, 5.41) is 17.7. The average molecular weight is 223 g/mol. The molecular weight excluding hydrogens is 206 g/mol. The number of nitrogens with two attached hydrogens (primary N) is 1.